The monoisotopic (exact) mass is 330 g/mol. The van der Waals surface area contributed by atoms with E-state index < -0.39 is 16.1 Å². The number of sulfonamides is 1. The molecule has 0 saturated heterocycles. The van der Waals surface area contributed by atoms with Crippen molar-refractivity contribution in [2.75, 3.05) is 5.73 Å². The van der Waals surface area contributed by atoms with Crippen LogP contribution in [0, 0.1) is 12.3 Å². The highest BCUT2D eigenvalue weighted by Gasteiger charge is 2.20. The fourth-order valence-corrected chi connectivity index (χ4v) is 3.16. The number of hydrogen-bond donors (Lipinski definition) is 2. The Morgan fingerprint density at radius 1 is 1.56 bits per heavy atom. The summed E-state index contributed by atoms with van der Waals surface area (Å²) in [7, 11) is -3.68. The van der Waals surface area contributed by atoms with Gasteiger partial charge in [-0.05, 0) is 24.6 Å². The molecule has 1 rings (SSSR count). The Labute approximate surface area is 116 Å². The normalized spacial score (nSPS) is 12.9. The first-order valence-electron chi connectivity index (χ1n) is 5.44. The Morgan fingerprint density at radius 2 is 2.22 bits per heavy atom. The van der Waals surface area contributed by atoms with E-state index >= 15 is 0 Å². The molecule has 3 N–H and O–H groups in total. The summed E-state index contributed by atoms with van der Waals surface area (Å²) < 4.78 is 27.4. The quantitative estimate of drug-likeness (QED) is 0.641. The first-order chi connectivity index (χ1) is 8.40. The van der Waals surface area contributed by atoms with Crippen molar-refractivity contribution in [2.24, 2.45) is 0 Å². The van der Waals surface area contributed by atoms with Crippen LogP contribution in [-0.2, 0) is 10.0 Å². The molecule has 18 heavy (non-hydrogen) atoms. The van der Waals surface area contributed by atoms with Crippen molar-refractivity contribution in [2.45, 2.75) is 30.7 Å². The summed E-state index contributed by atoms with van der Waals surface area (Å²) in [6, 6.07) is 4.10. The molecule has 0 saturated carbocycles. The van der Waals surface area contributed by atoms with Crippen molar-refractivity contribution in [3.05, 3.63) is 22.7 Å². The van der Waals surface area contributed by atoms with Crippen LogP contribution in [-0.4, -0.2) is 14.5 Å². The van der Waals surface area contributed by atoms with Crippen LogP contribution in [0.3, 0.4) is 0 Å². The molecule has 1 unspecified atom stereocenters. The minimum Gasteiger partial charge on any atom is -0.398 e. The van der Waals surface area contributed by atoms with Gasteiger partial charge in [0.1, 0.15) is 4.90 Å². The van der Waals surface area contributed by atoms with Gasteiger partial charge in [-0.25, -0.2) is 8.42 Å². The fraction of sp³-hybridized carbons (Fsp3) is 0.333. The Morgan fingerprint density at radius 3 is 2.72 bits per heavy atom. The average molecular weight is 331 g/mol. The van der Waals surface area contributed by atoms with Crippen LogP contribution in [0.4, 0.5) is 5.69 Å². The molecule has 1 aromatic carbocycles. The maximum Gasteiger partial charge on any atom is 0.243 e. The van der Waals surface area contributed by atoms with E-state index in [0.29, 0.717) is 6.42 Å². The Balaban J connectivity index is 3.03. The summed E-state index contributed by atoms with van der Waals surface area (Å²) in [6.07, 6.45) is 6.68. The van der Waals surface area contributed by atoms with E-state index in [0.717, 1.165) is 10.9 Å². The van der Waals surface area contributed by atoms with E-state index in [-0.39, 0.29) is 10.6 Å². The van der Waals surface area contributed by atoms with E-state index in [1.807, 2.05) is 6.92 Å². The van der Waals surface area contributed by atoms with Gasteiger partial charge in [0.25, 0.3) is 0 Å². The average Bonchev–Trinajstić information content (AvgIpc) is 2.27. The summed E-state index contributed by atoms with van der Waals surface area (Å²) in [5.74, 6) is 2.42. The maximum absolute atomic E-state index is 12.1. The molecular weight excluding hydrogens is 316 g/mol. The lowest BCUT2D eigenvalue weighted by Gasteiger charge is -2.14. The minimum absolute atomic E-state index is 0.0436. The molecule has 6 heteroatoms. The number of hydrogen-bond acceptors (Lipinski definition) is 3. The summed E-state index contributed by atoms with van der Waals surface area (Å²) in [4.78, 5) is 0.0436. The van der Waals surface area contributed by atoms with Crippen LogP contribution in [0.2, 0.25) is 0 Å². The Bertz CT molecular complexity index is 564. The SMILES string of the molecule is C#CC(CCC)NS(=O)(=O)c1ccc(Br)cc1N. The van der Waals surface area contributed by atoms with E-state index in [1.54, 1.807) is 12.1 Å². The van der Waals surface area contributed by atoms with Crippen molar-refractivity contribution >= 4 is 31.6 Å². The molecule has 0 aliphatic carbocycles. The predicted octanol–water partition coefficient (Wildman–Crippen LogP) is 2.11. The summed E-state index contributed by atoms with van der Waals surface area (Å²) in [5, 5.41) is 0. The summed E-state index contributed by atoms with van der Waals surface area (Å²) in [5.41, 5.74) is 5.88. The molecule has 1 atom stereocenters. The molecule has 0 fully saturated rings. The van der Waals surface area contributed by atoms with E-state index in [9.17, 15) is 8.42 Å². The predicted molar refractivity (Wildman–Crippen MR) is 76.4 cm³/mol. The van der Waals surface area contributed by atoms with Gasteiger partial charge >= 0.3 is 0 Å². The van der Waals surface area contributed by atoms with Gasteiger partial charge in [0.15, 0.2) is 0 Å². The second-order valence-electron chi connectivity index (χ2n) is 3.81. The zero-order chi connectivity index (χ0) is 13.8. The minimum atomic E-state index is -3.68. The van der Waals surface area contributed by atoms with Crippen LogP contribution < -0.4 is 10.5 Å². The smallest absolute Gasteiger partial charge is 0.243 e. The van der Waals surface area contributed by atoms with Crippen molar-refractivity contribution in [3.8, 4) is 12.3 Å². The summed E-state index contributed by atoms with van der Waals surface area (Å²) in [6.45, 7) is 1.94. The van der Waals surface area contributed by atoms with Gasteiger partial charge in [0, 0.05) is 4.47 Å². The van der Waals surface area contributed by atoms with Gasteiger partial charge in [0.2, 0.25) is 10.0 Å². The van der Waals surface area contributed by atoms with Crippen molar-refractivity contribution in [1.82, 2.24) is 4.72 Å². The number of terminal acetylenes is 1. The fourth-order valence-electron chi connectivity index (χ4n) is 1.48. The van der Waals surface area contributed by atoms with Crippen LogP contribution >= 0.6 is 15.9 Å². The van der Waals surface area contributed by atoms with Crippen molar-refractivity contribution < 1.29 is 8.42 Å². The number of rotatable bonds is 5. The molecule has 0 aliphatic heterocycles. The van der Waals surface area contributed by atoms with Crippen LogP contribution in [0.1, 0.15) is 19.8 Å². The summed E-state index contributed by atoms with van der Waals surface area (Å²) >= 11 is 3.22. The van der Waals surface area contributed by atoms with E-state index in [1.165, 1.54) is 6.07 Å². The number of nitrogens with one attached hydrogen (secondary N) is 1. The largest absolute Gasteiger partial charge is 0.398 e. The number of halogens is 1. The van der Waals surface area contributed by atoms with Gasteiger partial charge < -0.3 is 5.73 Å². The third kappa shape index (κ3) is 3.73. The molecule has 0 aliphatic rings. The molecule has 0 radical (unpaired) electrons. The Kier molecular flexibility index (Phi) is 5.20. The number of nitrogens with two attached hydrogens (primary N) is 1. The van der Waals surface area contributed by atoms with Gasteiger partial charge in [-0.3, -0.25) is 0 Å². The maximum atomic E-state index is 12.1. The highest BCUT2D eigenvalue weighted by Crippen LogP contribution is 2.22. The van der Waals surface area contributed by atoms with Gasteiger partial charge in [-0.1, -0.05) is 35.2 Å². The van der Waals surface area contributed by atoms with Crippen molar-refractivity contribution in [1.29, 1.82) is 0 Å². The molecule has 0 amide bonds. The lowest BCUT2D eigenvalue weighted by atomic mass is 10.2. The number of anilines is 1. The standard InChI is InChI=1S/C12H15BrN2O2S/c1-3-5-10(4-2)15-18(16,17)12-7-6-9(13)8-11(12)14/h2,6-8,10,15H,3,5,14H2,1H3. The third-order valence-corrected chi connectivity index (χ3v) is 4.38. The van der Waals surface area contributed by atoms with Gasteiger partial charge in [-0.15, -0.1) is 6.42 Å². The van der Waals surface area contributed by atoms with Gasteiger partial charge in [-0.2, -0.15) is 4.72 Å². The molecule has 4 nitrogen and oxygen atoms in total. The topological polar surface area (TPSA) is 72.2 Å². The lowest BCUT2D eigenvalue weighted by molar-refractivity contribution is 0.564. The number of benzene rings is 1. The van der Waals surface area contributed by atoms with Gasteiger partial charge in [0.05, 0.1) is 11.7 Å². The van der Waals surface area contributed by atoms with Crippen LogP contribution in [0.15, 0.2) is 27.6 Å². The van der Waals surface area contributed by atoms with E-state index in [2.05, 4.69) is 26.6 Å². The molecule has 0 heterocycles. The molecule has 0 spiro atoms. The lowest BCUT2D eigenvalue weighted by Crippen LogP contribution is -2.34. The molecule has 98 valence electrons. The number of nitrogen functional groups attached to an aromatic ring is 1. The first-order valence-corrected chi connectivity index (χ1v) is 7.71. The zero-order valence-corrected chi connectivity index (χ0v) is 12.4. The molecular formula is C12H15BrN2O2S. The molecule has 0 aromatic heterocycles. The first kappa shape index (κ1) is 15.0. The molecule has 1 aromatic rings. The van der Waals surface area contributed by atoms with Crippen LogP contribution in [0.5, 0.6) is 0 Å². The zero-order valence-electron chi connectivity index (χ0n) is 9.98. The Hall–Kier alpha value is -1.03. The second-order valence-corrected chi connectivity index (χ2v) is 6.41. The highest BCUT2D eigenvalue weighted by atomic mass is 79.9. The third-order valence-electron chi connectivity index (χ3n) is 2.34. The highest BCUT2D eigenvalue weighted by molar-refractivity contribution is 9.10. The van der Waals surface area contributed by atoms with E-state index in [4.69, 9.17) is 12.2 Å². The molecule has 0 bridgehead atoms. The van der Waals surface area contributed by atoms with Crippen molar-refractivity contribution in [3.63, 3.8) is 0 Å². The van der Waals surface area contributed by atoms with Crippen LogP contribution in [0.25, 0.3) is 0 Å². The second kappa shape index (κ2) is 6.23.